The fourth-order valence-electron chi connectivity index (χ4n) is 5.65. The van der Waals surface area contributed by atoms with Gasteiger partial charge in [-0.15, -0.1) is 0 Å². The fourth-order valence-corrected chi connectivity index (χ4v) is 5.98. The summed E-state index contributed by atoms with van der Waals surface area (Å²) < 4.78 is 13.1. The number of nitrogens with zero attached hydrogens (tertiary/aromatic N) is 6. The van der Waals surface area contributed by atoms with E-state index in [9.17, 15) is 9.59 Å². The van der Waals surface area contributed by atoms with Gasteiger partial charge in [0.2, 0.25) is 5.88 Å². The Morgan fingerprint density at radius 2 is 1.76 bits per heavy atom. The highest BCUT2D eigenvalue weighted by Crippen LogP contribution is 2.55. The first kappa shape index (κ1) is 27.9. The van der Waals surface area contributed by atoms with E-state index >= 15 is 0 Å². The first-order valence-corrected chi connectivity index (χ1v) is 14.0. The molecule has 1 atom stereocenters. The molecule has 11 nitrogen and oxygen atoms in total. The summed E-state index contributed by atoms with van der Waals surface area (Å²) in [5.74, 6) is -0.354. The molecule has 13 heteroatoms. The van der Waals surface area contributed by atoms with Gasteiger partial charge in [-0.05, 0) is 52.8 Å². The molecule has 216 valence electrons. The van der Waals surface area contributed by atoms with Crippen molar-refractivity contribution in [2.75, 3.05) is 17.3 Å². The molecule has 6 rings (SSSR count). The third kappa shape index (κ3) is 3.94. The lowest BCUT2D eigenvalue weighted by Gasteiger charge is -2.36. The predicted molar refractivity (Wildman–Crippen MR) is 158 cm³/mol. The van der Waals surface area contributed by atoms with Gasteiger partial charge in [0.1, 0.15) is 5.82 Å². The minimum Gasteiger partial charge on any atom is -0.480 e. The molecule has 2 amide bonds. The number of carbonyl (C=O) groups excluding carboxylic acids is 2. The number of rotatable bonds is 6. The van der Waals surface area contributed by atoms with Crippen molar-refractivity contribution in [3.63, 3.8) is 0 Å². The lowest BCUT2D eigenvalue weighted by Crippen LogP contribution is -2.51. The highest BCUT2D eigenvalue weighted by molar-refractivity contribution is 6.32. The molecule has 1 N–H and O–H groups in total. The van der Waals surface area contributed by atoms with Gasteiger partial charge in [-0.3, -0.25) is 19.5 Å². The van der Waals surface area contributed by atoms with Gasteiger partial charge in [0.25, 0.3) is 11.8 Å². The quantitative estimate of drug-likeness (QED) is 0.301. The molecule has 1 aromatic carbocycles. The number of nitrogens with one attached hydrogen (secondary N) is 1. The summed E-state index contributed by atoms with van der Waals surface area (Å²) in [5.41, 5.74) is 1.20. The average Bonchev–Trinajstić information content (AvgIpc) is 3.53. The van der Waals surface area contributed by atoms with Crippen molar-refractivity contribution in [2.24, 2.45) is 0 Å². The van der Waals surface area contributed by atoms with E-state index in [-0.39, 0.29) is 29.7 Å². The summed E-state index contributed by atoms with van der Waals surface area (Å²) in [5, 5.41) is 3.70. The third-order valence-corrected chi connectivity index (χ3v) is 7.68. The summed E-state index contributed by atoms with van der Waals surface area (Å²) >= 11 is 12.7. The Morgan fingerprint density at radius 1 is 1.00 bits per heavy atom. The molecule has 5 heterocycles. The molecule has 42 heavy (non-hydrogen) atoms. The van der Waals surface area contributed by atoms with Gasteiger partial charge in [-0.2, -0.15) is 4.98 Å². The molecule has 0 aliphatic carbocycles. The highest BCUT2D eigenvalue weighted by Gasteiger charge is 2.64. The maximum Gasteiger partial charge on any atom is 0.319 e. The van der Waals surface area contributed by atoms with Gasteiger partial charge in [0, 0.05) is 34.7 Å². The molecule has 0 unspecified atom stereocenters. The molecule has 3 aromatic heterocycles. The van der Waals surface area contributed by atoms with E-state index in [2.05, 4.69) is 20.3 Å². The first-order chi connectivity index (χ1) is 20.0. The van der Waals surface area contributed by atoms with Crippen molar-refractivity contribution in [1.29, 1.82) is 0 Å². The number of carbonyl (C=O) groups is 2. The van der Waals surface area contributed by atoms with Crippen molar-refractivity contribution in [3.8, 4) is 23.3 Å². The van der Waals surface area contributed by atoms with Crippen molar-refractivity contribution in [2.45, 2.75) is 52.3 Å². The Balaban J connectivity index is 1.68. The number of aryl methyl sites for hydroxylation is 1. The zero-order valence-electron chi connectivity index (χ0n) is 23.7. The molecule has 0 saturated heterocycles. The summed E-state index contributed by atoms with van der Waals surface area (Å²) in [4.78, 5) is 48.3. The summed E-state index contributed by atoms with van der Waals surface area (Å²) in [6, 6.07) is 6.60. The summed E-state index contributed by atoms with van der Waals surface area (Å²) in [6.45, 7) is 9.37. The van der Waals surface area contributed by atoms with Crippen LogP contribution in [0.3, 0.4) is 0 Å². The summed E-state index contributed by atoms with van der Waals surface area (Å²) in [6.07, 6.45) is 2.89. The predicted octanol–water partition coefficient (Wildman–Crippen LogP) is 5.58. The van der Waals surface area contributed by atoms with E-state index in [4.69, 9.17) is 37.7 Å². The molecule has 2 aliphatic rings. The number of fused-ring (bicyclic) bond motifs is 4. The van der Waals surface area contributed by atoms with Gasteiger partial charge in [-0.25, -0.2) is 9.97 Å². The Hall–Kier alpha value is -4.22. The van der Waals surface area contributed by atoms with Crippen LogP contribution < -0.4 is 19.7 Å². The van der Waals surface area contributed by atoms with Crippen LogP contribution in [0.15, 0.2) is 36.7 Å². The zero-order chi connectivity index (χ0) is 30.1. The number of halogens is 2. The van der Waals surface area contributed by atoms with Crippen LogP contribution in [0.25, 0.3) is 11.4 Å². The molecule has 2 aliphatic heterocycles. The number of hydrogen-bond acceptors (Lipinski definition) is 8. The molecule has 4 aromatic rings. The Bertz CT molecular complexity index is 1790. The van der Waals surface area contributed by atoms with Crippen LogP contribution in [-0.4, -0.2) is 49.5 Å². The second-order valence-corrected chi connectivity index (χ2v) is 11.5. The number of pyridine rings is 1. The standard InChI is InChI=1S/C29H27Cl2N7O4/c1-13(2)37-23-22(35-24(37)18-12-33-28(42-14(3)4)36-25(18)41-6)26(39)38(21-10-17(31)11-32-15(21)5)29(23)19-8-7-16(30)9-20(19)34-27(29)40/h7-14H,1-6H3,(H,34,40)/t29-/m0/s1. The van der Waals surface area contributed by atoms with Crippen LogP contribution in [0.4, 0.5) is 11.4 Å². The van der Waals surface area contributed by atoms with Crippen molar-refractivity contribution in [3.05, 3.63) is 69.3 Å². The van der Waals surface area contributed by atoms with Crippen LogP contribution in [0, 0.1) is 6.92 Å². The molecule has 0 radical (unpaired) electrons. The number of hydrogen-bond donors (Lipinski definition) is 1. The molecular weight excluding hydrogens is 581 g/mol. The molecule has 0 fully saturated rings. The Labute approximate surface area is 251 Å². The van der Waals surface area contributed by atoms with Crippen LogP contribution in [0.5, 0.6) is 11.9 Å². The van der Waals surface area contributed by atoms with E-state index in [0.29, 0.717) is 49.8 Å². The normalized spacial score (nSPS) is 17.3. The largest absolute Gasteiger partial charge is 0.480 e. The number of amides is 2. The van der Waals surface area contributed by atoms with Gasteiger partial charge >= 0.3 is 6.01 Å². The van der Waals surface area contributed by atoms with Gasteiger partial charge in [0.15, 0.2) is 11.2 Å². The van der Waals surface area contributed by atoms with Gasteiger partial charge in [-0.1, -0.05) is 29.3 Å². The van der Waals surface area contributed by atoms with Crippen molar-refractivity contribution >= 4 is 46.4 Å². The van der Waals surface area contributed by atoms with E-state index in [1.54, 1.807) is 37.4 Å². The number of imidazole rings is 1. The topological polar surface area (TPSA) is 124 Å². The molecular formula is C29H27Cl2N7O4. The number of anilines is 2. The van der Waals surface area contributed by atoms with E-state index < -0.39 is 17.4 Å². The highest BCUT2D eigenvalue weighted by atomic mass is 35.5. The lowest BCUT2D eigenvalue weighted by molar-refractivity contribution is -0.119. The van der Waals surface area contributed by atoms with E-state index in [1.165, 1.54) is 18.2 Å². The van der Waals surface area contributed by atoms with E-state index in [0.717, 1.165) is 0 Å². The van der Waals surface area contributed by atoms with Crippen LogP contribution in [0.2, 0.25) is 10.0 Å². The smallest absolute Gasteiger partial charge is 0.319 e. The number of methoxy groups -OCH3 is 1. The van der Waals surface area contributed by atoms with Crippen LogP contribution >= 0.6 is 23.2 Å². The molecule has 0 saturated carbocycles. The van der Waals surface area contributed by atoms with Crippen LogP contribution in [-0.2, 0) is 10.3 Å². The second kappa shape index (κ2) is 9.95. The second-order valence-electron chi connectivity index (χ2n) is 10.6. The third-order valence-electron chi connectivity index (χ3n) is 7.23. The minimum absolute atomic E-state index is 0.0978. The first-order valence-electron chi connectivity index (χ1n) is 13.3. The number of ether oxygens (including phenoxy) is 2. The maximum absolute atomic E-state index is 14.5. The number of benzene rings is 1. The van der Waals surface area contributed by atoms with Gasteiger partial charge in [0.05, 0.1) is 40.9 Å². The molecule has 1 spiro atoms. The average molecular weight is 608 g/mol. The fraction of sp³-hybridized carbons (Fsp3) is 0.310. The Morgan fingerprint density at radius 3 is 2.45 bits per heavy atom. The van der Waals surface area contributed by atoms with E-state index in [1.807, 2.05) is 32.3 Å². The monoisotopic (exact) mass is 607 g/mol. The SMILES string of the molecule is COc1nc(OC(C)C)ncc1-c1nc2c(n1C(C)C)[C@@]1(C(=O)Nc3cc(Cl)ccc31)N(c1cc(Cl)cnc1C)C2=O. The summed E-state index contributed by atoms with van der Waals surface area (Å²) in [7, 11) is 1.48. The van der Waals surface area contributed by atoms with Gasteiger partial charge < -0.3 is 19.4 Å². The minimum atomic E-state index is -1.65. The number of aromatic nitrogens is 5. The maximum atomic E-state index is 14.5. The molecule has 0 bridgehead atoms. The van der Waals surface area contributed by atoms with Crippen molar-refractivity contribution in [1.82, 2.24) is 24.5 Å². The Kier molecular flexibility index (Phi) is 6.62. The zero-order valence-corrected chi connectivity index (χ0v) is 25.2. The lowest BCUT2D eigenvalue weighted by atomic mass is 9.87. The van der Waals surface area contributed by atoms with Crippen molar-refractivity contribution < 1.29 is 19.1 Å². The van der Waals surface area contributed by atoms with Crippen LogP contribution in [0.1, 0.15) is 61.2 Å².